The summed E-state index contributed by atoms with van der Waals surface area (Å²) in [5.41, 5.74) is 4.66. The summed E-state index contributed by atoms with van der Waals surface area (Å²) in [4.78, 5) is 56.1. The van der Waals surface area contributed by atoms with Gasteiger partial charge in [-0.25, -0.2) is 9.59 Å². The molecule has 52 heavy (non-hydrogen) atoms. The molecule has 4 rings (SSSR count). The molecular weight excluding hydrogens is 668 g/mol. The van der Waals surface area contributed by atoms with Crippen molar-refractivity contribution in [2.24, 2.45) is 17.6 Å². The van der Waals surface area contributed by atoms with Crippen molar-refractivity contribution in [2.75, 3.05) is 39.3 Å². The second kappa shape index (κ2) is 19.6. The molecule has 4 aliphatic rings. The molecule has 292 valence electrons. The van der Waals surface area contributed by atoms with E-state index in [0.717, 1.165) is 18.7 Å². The molecule has 0 unspecified atom stereocenters. The van der Waals surface area contributed by atoms with Crippen LogP contribution in [0, 0.1) is 11.8 Å². The average molecular weight is 731 g/mol. The van der Waals surface area contributed by atoms with Crippen LogP contribution in [0.15, 0.2) is 36.0 Å². The van der Waals surface area contributed by atoms with Crippen LogP contribution in [-0.2, 0) is 23.8 Å². The van der Waals surface area contributed by atoms with Crippen molar-refractivity contribution in [2.45, 2.75) is 134 Å². The number of carbonyl (C=O) groups is 4. The van der Waals surface area contributed by atoms with Crippen LogP contribution in [-0.4, -0.2) is 124 Å². The van der Waals surface area contributed by atoms with E-state index < -0.39 is 54.0 Å². The number of nitrogens with two attached hydrogens (primary N) is 1. The lowest BCUT2D eigenvalue weighted by atomic mass is 9.89. The highest BCUT2D eigenvalue weighted by Gasteiger charge is 2.38. The maximum absolute atomic E-state index is 13.4. The van der Waals surface area contributed by atoms with Gasteiger partial charge in [0.05, 0.1) is 19.1 Å². The van der Waals surface area contributed by atoms with Crippen LogP contribution in [0.1, 0.15) is 98.3 Å². The monoisotopic (exact) mass is 730 g/mol. The molecule has 0 radical (unpaired) electrons. The van der Waals surface area contributed by atoms with Crippen LogP contribution in [0.2, 0.25) is 0 Å². The molecule has 0 aromatic heterocycles. The maximum Gasteiger partial charge on any atom is 0.410 e. The molecule has 4 N–H and O–H groups in total. The standard InChI is InChI=1S/C39H62N4O9/c1-27(26-50-38(48)43-20-10-15-32(43)36(40)46)11-9-12-28(2)35-29(3)16-17-33(39(4,49)19-18-31(44)25-34(45)52-35)51-37(47)42-23-21-41(22-24-42)30-13-7-5-6-8-14-30/h9,11-12,16-17,27,29-33,35,44,49H,5-8,10,13-15,18-26H2,1-4H3,(H2,40,46)/b11-9+,17-16-,28-12+/t27-,29+,31-,32+,33+,35-,39-/m1/s1. The van der Waals surface area contributed by atoms with E-state index in [1.165, 1.54) is 43.4 Å². The van der Waals surface area contributed by atoms with Gasteiger partial charge in [0.2, 0.25) is 5.91 Å². The predicted octanol–water partition coefficient (Wildman–Crippen LogP) is 4.46. The van der Waals surface area contributed by atoms with Gasteiger partial charge in [0.1, 0.15) is 17.7 Å². The third-order valence-corrected chi connectivity index (χ3v) is 11.0. The number of hydrogen-bond donors (Lipinski definition) is 3. The Morgan fingerprint density at radius 3 is 2.38 bits per heavy atom. The summed E-state index contributed by atoms with van der Waals surface area (Å²) < 4.78 is 17.3. The molecule has 0 aromatic carbocycles. The highest BCUT2D eigenvalue weighted by Crippen LogP contribution is 2.28. The number of amides is 3. The quantitative estimate of drug-likeness (QED) is 0.107. The van der Waals surface area contributed by atoms with E-state index in [1.54, 1.807) is 30.1 Å². The minimum atomic E-state index is -1.49. The Kier molecular flexibility index (Phi) is 15.6. The van der Waals surface area contributed by atoms with Crippen LogP contribution in [0.3, 0.4) is 0 Å². The zero-order valence-corrected chi connectivity index (χ0v) is 31.6. The molecule has 0 aromatic rings. The summed E-state index contributed by atoms with van der Waals surface area (Å²) in [6, 6.07) is -0.0647. The highest BCUT2D eigenvalue weighted by atomic mass is 16.6. The number of aliphatic hydroxyl groups is 2. The minimum Gasteiger partial charge on any atom is -0.457 e. The summed E-state index contributed by atoms with van der Waals surface area (Å²) in [7, 11) is 0. The number of hydrogen-bond acceptors (Lipinski definition) is 10. The van der Waals surface area contributed by atoms with E-state index >= 15 is 0 Å². The first kappa shape index (κ1) is 41.3. The predicted molar refractivity (Wildman–Crippen MR) is 196 cm³/mol. The van der Waals surface area contributed by atoms with E-state index in [1.807, 2.05) is 32.9 Å². The number of esters is 1. The third-order valence-electron chi connectivity index (χ3n) is 11.0. The molecular formula is C39H62N4O9. The number of aliphatic hydroxyl groups excluding tert-OH is 1. The highest BCUT2D eigenvalue weighted by molar-refractivity contribution is 5.84. The van der Waals surface area contributed by atoms with Crippen LogP contribution < -0.4 is 5.73 Å². The van der Waals surface area contributed by atoms with Gasteiger partial charge < -0.3 is 35.1 Å². The first-order valence-electron chi connectivity index (χ1n) is 19.3. The van der Waals surface area contributed by atoms with Gasteiger partial charge in [-0.1, -0.05) is 63.8 Å². The summed E-state index contributed by atoms with van der Waals surface area (Å²) in [5, 5.41) is 22.2. The lowest BCUT2D eigenvalue weighted by molar-refractivity contribution is -0.151. The second-order valence-corrected chi connectivity index (χ2v) is 15.5. The van der Waals surface area contributed by atoms with Gasteiger partial charge in [-0.2, -0.15) is 0 Å². The Morgan fingerprint density at radius 2 is 1.71 bits per heavy atom. The van der Waals surface area contributed by atoms with E-state index in [-0.39, 0.29) is 37.7 Å². The summed E-state index contributed by atoms with van der Waals surface area (Å²) in [6.07, 6.45) is 13.9. The van der Waals surface area contributed by atoms with Gasteiger partial charge in [0.25, 0.3) is 0 Å². The van der Waals surface area contributed by atoms with Gasteiger partial charge in [-0.3, -0.25) is 19.4 Å². The van der Waals surface area contributed by atoms with Crippen LogP contribution in [0.25, 0.3) is 0 Å². The molecule has 13 nitrogen and oxygen atoms in total. The molecule has 3 heterocycles. The zero-order valence-electron chi connectivity index (χ0n) is 31.6. The molecule has 3 fully saturated rings. The molecule has 0 bridgehead atoms. The zero-order chi connectivity index (χ0) is 37.8. The number of rotatable bonds is 8. The van der Waals surface area contributed by atoms with Gasteiger partial charge in [-0.05, 0) is 64.0 Å². The van der Waals surface area contributed by atoms with E-state index in [2.05, 4.69) is 4.90 Å². The Labute approximate surface area is 309 Å². The molecule has 13 heteroatoms. The van der Waals surface area contributed by atoms with Crippen molar-refractivity contribution < 1.29 is 43.6 Å². The molecule has 0 spiro atoms. The van der Waals surface area contributed by atoms with Crippen LogP contribution >= 0.6 is 0 Å². The van der Waals surface area contributed by atoms with E-state index in [4.69, 9.17) is 19.9 Å². The number of cyclic esters (lactones) is 1. The van der Waals surface area contributed by atoms with Crippen molar-refractivity contribution in [1.29, 1.82) is 0 Å². The summed E-state index contributed by atoms with van der Waals surface area (Å²) >= 11 is 0. The average Bonchev–Trinajstić information content (AvgIpc) is 3.46. The van der Waals surface area contributed by atoms with Crippen molar-refractivity contribution in [3.63, 3.8) is 0 Å². The number of allylic oxidation sites excluding steroid dienone is 2. The maximum atomic E-state index is 13.4. The van der Waals surface area contributed by atoms with Crippen molar-refractivity contribution in [3.8, 4) is 0 Å². The molecule has 3 amide bonds. The number of likely N-dealkylation sites (tertiary alicyclic amines) is 1. The van der Waals surface area contributed by atoms with E-state index in [9.17, 15) is 29.4 Å². The fraction of sp³-hybridized carbons (Fsp3) is 0.744. The largest absolute Gasteiger partial charge is 0.457 e. The van der Waals surface area contributed by atoms with Gasteiger partial charge >= 0.3 is 18.2 Å². The number of primary amides is 1. The minimum absolute atomic E-state index is 0.107. The van der Waals surface area contributed by atoms with Gasteiger partial charge in [0.15, 0.2) is 6.10 Å². The lowest BCUT2D eigenvalue weighted by Gasteiger charge is -2.40. The smallest absolute Gasteiger partial charge is 0.410 e. The van der Waals surface area contributed by atoms with E-state index in [0.29, 0.717) is 38.5 Å². The molecule has 3 aliphatic heterocycles. The fourth-order valence-electron chi connectivity index (χ4n) is 7.64. The first-order valence-corrected chi connectivity index (χ1v) is 19.3. The Morgan fingerprint density at radius 1 is 1.02 bits per heavy atom. The Bertz CT molecular complexity index is 1300. The van der Waals surface area contributed by atoms with Crippen molar-refractivity contribution in [3.05, 3.63) is 36.0 Å². The Balaban J connectivity index is 1.39. The number of piperazine rings is 1. The normalized spacial score (nSPS) is 31.9. The van der Waals surface area contributed by atoms with Crippen LogP contribution in [0.4, 0.5) is 9.59 Å². The lowest BCUT2D eigenvalue weighted by Crippen LogP contribution is -2.53. The van der Waals surface area contributed by atoms with Crippen molar-refractivity contribution >= 4 is 24.1 Å². The molecule has 1 aliphatic carbocycles. The van der Waals surface area contributed by atoms with Gasteiger partial charge in [-0.15, -0.1) is 0 Å². The fourth-order valence-corrected chi connectivity index (χ4v) is 7.64. The number of nitrogens with zero attached hydrogens (tertiary/aromatic N) is 3. The van der Waals surface area contributed by atoms with Crippen LogP contribution in [0.5, 0.6) is 0 Å². The SMILES string of the molecule is C/C(=C\C=C\[C@@H](C)COC(=O)N1CCC[C@H]1C(N)=O)[C@H]1OC(=O)C[C@H](O)CC[C@@](C)(O)[C@@H](OC(=O)N2CCN(C3CCCCCC3)CC2)/C=C\[C@@H]1C. The first-order chi connectivity index (χ1) is 24.7. The number of carbonyl (C=O) groups excluding carboxylic acids is 4. The molecule has 7 atom stereocenters. The van der Waals surface area contributed by atoms with Gasteiger partial charge in [0, 0.05) is 50.6 Å². The molecule has 1 saturated carbocycles. The summed E-state index contributed by atoms with van der Waals surface area (Å²) in [5.74, 6) is -1.62. The molecule has 2 saturated heterocycles. The third kappa shape index (κ3) is 12.1. The summed E-state index contributed by atoms with van der Waals surface area (Å²) in [6.45, 7) is 10.4. The Hall–Kier alpha value is -3.42. The second-order valence-electron chi connectivity index (χ2n) is 15.5. The number of ether oxygens (including phenoxy) is 3. The topological polar surface area (TPSA) is 172 Å². The van der Waals surface area contributed by atoms with Crippen molar-refractivity contribution in [1.82, 2.24) is 14.7 Å².